The zero-order valence-electron chi connectivity index (χ0n) is 9.67. The molecule has 0 aliphatic carbocycles. The number of nitrogens with two attached hydrogens (primary N) is 1. The van der Waals surface area contributed by atoms with Gasteiger partial charge in [-0.05, 0) is 30.3 Å². The van der Waals surface area contributed by atoms with Crippen molar-refractivity contribution in [1.82, 2.24) is 4.98 Å². The van der Waals surface area contributed by atoms with Crippen molar-refractivity contribution in [2.24, 2.45) is 5.84 Å². The van der Waals surface area contributed by atoms with E-state index in [0.29, 0.717) is 0 Å². The van der Waals surface area contributed by atoms with Gasteiger partial charge in [0, 0.05) is 6.20 Å². The molecule has 0 saturated carbocycles. The number of rotatable bonds is 4. The highest BCUT2D eigenvalue weighted by molar-refractivity contribution is 7.92. The van der Waals surface area contributed by atoms with E-state index in [-0.39, 0.29) is 16.4 Å². The summed E-state index contributed by atoms with van der Waals surface area (Å²) in [5.74, 6) is 4.67. The first-order valence-electron chi connectivity index (χ1n) is 5.23. The topological polar surface area (TPSA) is 97.1 Å². The van der Waals surface area contributed by atoms with Gasteiger partial charge in [-0.1, -0.05) is 6.07 Å². The Kier molecular flexibility index (Phi) is 3.63. The predicted octanol–water partition coefficient (Wildman–Crippen LogP) is 1.31. The number of pyridine rings is 1. The van der Waals surface area contributed by atoms with Crippen LogP contribution in [0, 0.1) is 5.82 Å². The summed E-state index contributed by atoms with van der Waals surface area (Å²) in [5.41, 5.74) is 2.31. The van der Waals surface area contributed by atoms with Crippen LogP contribution in [0.1, 0.15) is 0 Å². The normalized spacial score (nSPS) is 11.1. The smallest absolute Gasteiger partial charge is 0.265 e. The number of anilines is 2. The van der Waals surface area contributed by atoms with Crippen LogP contribution in [0.5, 0.6) is 0 Å². The standard InChI is InChI=1S/C11H11FN4O2S/c12-8-3-1-4-9(7-8)16-19(17,18)10-5-2-6-14-11(10)15-13/h1-7,16H,13H2,(H,14,15). The molecule has 0 atom stereocenters. The number of hydrogen-bond donors (Lipinski definition) is 3. The number of aromatic nitrogens is 1. The molecule has 2 rings (SSSR count). The van der Waals surface area contributed by atoms with Crippen LogP contribution in [-0.2, 0) is 10.0 Å². The molecule has 4 N–H and O–H groups in total. The van der Waals surface area contributed by atoms with Gasteiger partial charge in [-0.25, -0.2) is 23.6 Å². The summed E-state index contributed by atoms with van der Waals surface area (Å²) in [6.45, 7) is 0. The van der Waals surface area contributed by atoms with Gasteiger partial charge in [-0.15, -0.1) is 0 Å². The third-order valence-electron chi connectivity index (χ3n) is 2.27. The maximum atomic E-state index is 13.0. The maximum Gasteiger partial charge on any atom is 0.265 e. The van der Waals surface area contributed by atoms with E-state index in [0.717, 1.165) is 6.07 Å². The van der Waals surface area contributed by atoms with E-state index in [1.807, 2.05) is 0 Å². The van der Waals surface area contributed by atoms with Gasteiger partial charge in [0.15, 0.2) is 5.82 Å². The predicted molar refractivity (Wildman–Crippen MR) is 69.3 cm³/mol. The van der Waals surface area contributed by atoms with Gasteiger partial charge in [0.05, 0.1) is 5.69 Å². The molecule has 0 radical (unpaired) electrons. The molecule has 0 saturated heterocycles. The largest absolute Gasteiger partial charge is 0.307 e. The van der Waals surface area contributed by atoms with Crippen molar-refractivity contribution in [3.8, 4) is 0 Å². The maximum absolute atomic E-state index is 13.0. The van der Waals surface area contributed by atoms with Crippen molar-refractivity contribution in [2.75, 3.05) is 10.1 Å². The molecule has 0 bridgehead atoms. The Balaban J connectivity index is 2.38. The lowest BCUT2D eigenvalue weighted by Gasteiger charge is -2.10. The molecule has 0 amide bonds. The summed E-state index contributed by atoms with van der Waals surface area (Å²) < 4.78 is 39.5. The average Bonchev–Trinajstić information content (AvgIpc) is 2.38. The molecule has 19 heavy (non-hydrogen) atoms. The third kappa shape index (κ3) is 2.98. The SMILES string of the molecule is NNc1ncccc1S(=O)(=O)Nc1cccc(F)c1. The van der Waals surface area contributed by atoms with Crippen molar-refractivity contribution < 1.29 is 12.8 Å². The minimum atomic E-state index is -3.89. The van der Waals surface area contributed by atoms with E-state index in [1.165, 1.54) is 36.5 Å². The molecular formula is C11H11FN4O2S. The Labute approximate surface area is 109 Å². The van der Waals surface area contributed by atoms with Crippen LogP contribution >= 0.6 is 0 Å². The van der Waals surface area contributed by atoms with Crippen molar-refractivity contribution in [3.05, 3.63) is 48.4 Å². The summed E-state index contributed by atoms with van der Waals surface area (Å²) in [5, 5.41) is 0. The molecule has 1 heterocycles. The summed E-state index contributed by atoms with van der Waals surface area (Å²) in [4.78, 5) is 3.67. The Hall–Kier alpha value is -2.19. The molecule has 0 unspecified atom stereocenters. The second-order valence-electron chi connectivity index (χ2n) is 3.61. The molecular weight excluding hydrogens is 271 g/mol. The van der Waals surface area contributed by atoms with Gasteiger partial charge in [-0.3, -0.25) is 4.72 Å². The number of sulfonamides is 1. The Morgan fingerprint density at radius 3 is 2.68 bits per heavy atom. The lowest BCUT2D eigenvalue weighted by Crippen LogP contribution is -2.18. The first kappa shape index (κ1) is 13.2. The van der Waals surface area contributed by atoms with Crippen LogP contribution in [0.4, 0.5) is 15.9 Å². The highest BCUT2D eigenvalue weighted by Crippen LogP contribution is 2.21. The molecule has 0 aliphatic heterocycles. The van der Waals surface area contributed by atoms with Crippen molar-refractivity contribution in [3.63, 3.8) is 0 Å². The Morgan fingerprint density at radius 2 is 2.00 bits per heavy atom. The molecule has 1 aromatic heterocycles. The van der Waals surface area contributed by atoms with Gasteiger partial charge >= 0.3 is 0 Å². The van der Waals surface area contributed by atoms with Gasteiger partial charge < -0.3 is 5.43 Å². The number of hydrazine groups is 1. The molecule has 8 heteroatoms. The van der Waals surface area contributed by atoms with Gasteiger partial charge in [0.1, 0.15) is 10.7 Å². The lowest BCUT2D eigenvalue weighted by atomic mass is 10.3. The molecule has 1 aromatic carbocycles. The second kappa shape index (κ2) is 5.21. The summed E-state index contributed by atoms with van der Waals surface area (Å²) >= 11 is 0. The van der Waals surface area contributed by atoms with Gasteiger partial charge in [-0.2, -0.15) is 0 Å². The second-order valence-corrected chi connectivity index (χ2v) is 5.26. The monoisotopic (exact) mass is 282 g/mol. The fourth-order valence-corrected chi connectivity index (χ4v) is 2.65. The lowest BCUT2D eigenvalue weighted by molar-refractivity contribution is 0.601. The first-order valence-corrected chi connectivity index (χ1v) is 6.71. The van der Waals surface area contributed by atoms with Crippen molar-refractivity contribution in [2.45, 2.75) is 4.90 Å². The van der Waals surface area contributed by atoms with Crippen molar-refractivity contribution in [1.29, 1.82) is 0 Å². The number of benzene rings is 1. The summed E-state index contributed by atoms with van der Waals surface area (Å²) in [6.07, 6.45) is 1.40. The summed E-state index contributed by atoms with van der Waals surface area (Å²) in [6, 6.07) is 7.92. The van der Waals surface area contributed by atoms with Crippen molar-refractivity contribution >= 4 is 21.5 Å². The first-order chi connectivity index (χ1) is 9.03. The van der Waals surface area contributed by atoms with E-state index in [2.05, 4.69) is 15.1 Å². The minimum Gasteiger partial charge on any atom is -0.307 e. The molecule has 0 spiro atoms. The molecule has 0 fully saturated rings. The highest BCUT2D eigenvalue weighted by Gasteiger charge is 2.19. The average molecular weight is 282 g/mol. The number of halogens is 1. The molecule has 0 aliphatic rings. The van der Waals surface area contributed by atoms with Crippen LogP contribution < -0.4 is 16.0 Å². The van der Waals surface area contributed by atoms with E-state index in [4.69, 9.17) is 5.84 Å². The fraction of sp³-hybridized carbons (Fsp3) is 0. The highest BCUT2D eigenvalue weighted by atomic mass is 32.2. The van der Waals surface area contributed by atoms with Crippen LogP contribution in [0.2, 0.25) is 0 Å². The van der Waals surface area contributed by atoms with Crippen LogP contribution in [-0.4, -0.2) is 13.4 Å². The minimum absolute atomic E-state index is 0.00593. The third-order valence-corrected chi connectivity index (χ3v) is 3.69. The zero-order valence-corrected chi connectivity index (χ0v) is 10.5. The van der Waals surface area contributed by atoms with Crippen LogP contribution in [0.15, 0.2) is 47.5 Å². The Morgan fingerprint density at radius 1 is 1.21 bits per heavy atom. The van der Waals surface area contributed by atoms with E-state index in [1.54, 1.807) is 0 Å². The molecule has 100 valence electrons. The number of hydrogen-bond acceptors (Lipinski definition) is 5. The quantitative estimate of drug-likeness (QED) is 0.580. The van der Waals surface area contributed by atoms with Crippen LogP contribution in [0.3, 0.4) is 0 Å². The fourth-order valence-electron chi connectivity index (χ4n) is 1.48. The van der Waals surface area contributed by atoms with Gasteiger partial charge in [0.25, 0.3) is 10.0 Å². The molecule has 6 nitrogen and oxygen atoms in total. The van der Waals surface area contributed by atoms with Crippen LogP contribution in [0.25, 0.3) is 0 Å². The van der Waals surface area contributed by atoms with E-state index >= 15 is 0 Å². The van der Waals surface area contributed by atoms with E-state index in [9.17, 15) is 12.8 Å². The zero-order chi connectivity index (χ0) is 13.9. The number of nitrogens with one attached hydrogen (secondary N) is 2. The Bertz CT molecular complexity index is 691. The molecule has 2 aromatic rings. The number of nitrogens with zero attached hydrogens (tertiary/aromatic N) is 1. The van der Waals surface area contributed by atoms with Gasteiger partial charge in [0.2, 0.25) is 0 Å². The summed E-state index contributed by atoms with van der Waals surface area (Å²) in [7, 11) is -3.89. The number of nitrogen functional groups attached to an aromatic ring is 1. The van der Waals surface area contributed by atoms with E-state index < -0.39 is 15.8 Å².